The lowest BCUT2D eigenvalue weighted by Gasteiger charge is -1.94. The lowest BCUT2D eigenvalue weighted by molar-refractivity contribution is -0.118. The maximum atomic E-state index is 12.8. The summed E-state index contributed by atoms with van der Waals surface area (Å²) in [5.41, 5.74) is 0.373. The molecule has 0 bridgehead atoms. The van der Waals surface area contributed by atoms with E-state index in [4.69, 9.17) is 5.11 Å². The van der Waals surface area contributed by atoms with E-state index in [2.05, 4.69) is 17.2 Å². The van der Waals surface area contributed by atoms with Gasteiger partial charge in [0.15, 0.2) is 0 Å². The normalized spacial score (nSPS) is 8.93. The van der Waals surface area contributed by atoms with Crippen molar-refractivity contribution in [1.82, 2.24) is 5.32 Å². The van der Waals surface area contributed by atoms with E-state index in [1.54, 1.807) is 0 Å². The number of phenols is 1. The number of phenolic OH excluding ortho intramolecular Hbond substituents is 1. The molecule has 0 fully saturated rings. The van der Waals surface area contributed by atoms with E-state index in [0.717, 1.165) is 6.07 Å². The fraction of sp³-hybridized carbons (Fsp3) is 0.182. The molecular formula is C11H10FNO2. The van der Waals surface area contributed by atoms with E-state index < -0.39 is 5.82 Å². The van der Waals surface area contributed by atoms with Crippen LogP contribution in [-0.4, -0.2) is 17.6 Å². The summed E-state index contributed by atoms with van der Waals surface area (Å²) in [4.78, 5) is 10.5. The van der Waals surface area contributed by atoms with Gasteiger partial charge in [-0.3, -0.25) is 4.79 Å². The van der Waals surface area contributed by atoms with E-state index in [9.17, 15) is 9.18 Å². The van der Waals surface area contributed by atoms with Crippen molar-refractivity contribution in [3.63, 3.8) is 0 Å². The minimum Gasteiger partial charge on any atom is -0.508 e. The molecule has 0 aliphatic rings. The van der Waals surface area contributed by atoms with Gasteiger partial charge in [-0.15, -0.1) is 0 Å². The van der Waals surface area contributed by atoms with Gasteiger partial charge in [0.05, 0.1) is 6.54 Å². The molecule has 0 heterocycles. The van der Waals surface area contributed by atoms with Crippen molar-refractivity contribution in [2.45, 2.75) is 6.92 Å². The Morgan fingerprint density at radius 1 is 1.53 bits per heavy atom. The molecule has 1 aromatic carbocycles. The highest BCUT2D eigenvalue weighted by atomic mass is 19.1. The Morgan fingerprint density at radius 3 is 2.87 bits per heavy atom. The van der Waals surface area contributed by atoms with Crippen LogP contribution in [0.4, 0.5) is 4.39 Å². The Balaban J connectivity index is 2.67. The summed E-state index contributed by atoms with van der Waals surface area (Å²) in [6.45, 7) is 1.59. The number of aromatic hydroxyl groups is 1. The van der Waals surface area contributed by atoms with Crippen LogP contribution in [0.5, 0.6) is 5.75 Å². The van der Waals surface area contributed by atoms with Gasteiger partial charge in [-0.05, 0) is 12.1 Å². The van der Waals surface area contributed by atoms with Crippen molar-refractivity contribution >= 4 is 5.91 Å². The fourth-order valence-electron chi connectivity index (χ4n) is 0.961. The third-order valence-corrected chi connectivity index (χ3v) is 1.54. The molecular weight excluding hydrogens is 197 g/mol. The summed E-state index contributed by atoms with van der Waals surface area (Å²) >= 11 is 0. The van der Waals surface area contributed by atoms with Crippen molar-refractivity contribution in [2.24, 2.45) is 0 Å². The van der Waals surface area contributed by atoms with Crippen LogP contribution in [0.15, 0.2) is 18.2 Å². The number of benzene rings is 1. The third kappa shape index (κ3) is 4.14. The van der Waals surface area contributed by atoms with Gasteiger partial charge >= 0.3 is 0 Å². The van der Waals surface area contributed by atoms with Gasteiger partial charge in [0, 0.05) is 18.6 Å². The molecule has 0 unspecified atom stereocenters. The largest absolute Gasteiger partial charge is 0.508 e. The van der Waals surface area contributed by atoms with E-state index in [1.807, 2.05) is 0 Å². The quantitative estimate of drug-likeness (QED) is 0.675. The highest BCUT2D eigenvalue weighted by molar-refractivity contribution is 5.73. The van der Waals surface area contributed by atoms with E-state index in [0.29, 0.717) is 5.56 Å². The van der Waals surface area contributed by atoms with Crippen molar-refractivity contribution in [1.29, 1.82) is 0 Å². The molecule has 0 aliphatic heterocycles. The number of carbonyl (C=O) groups is 1. The van der Waals surface area contributed by atoms with E-state index in [-0.39, 0.29) is 18.2 Å². The van der Waals surface area contributed by atoms with Crippen molar-refractivity contribution in [3.8, 4) is 17.6 Å². The maximum absolute atomic E-state index is 12.8. The van der Waals surface area contributed by atoms with Crippen LogP contribution in [0.25, 0.3) is 0 Å². The zero-order valence-corrected chi connectivity index (χ0v) is 8.17. The van der Waals surface area contributed by atoms with Crippen molar-refractivity contribution in [2.75, 3.05) is 6.54 Å². The van der Waals surface area contributed by atoms with Crippen molar-refractivity contribution in [3.05, 3.63) is 29.6 Å². The molecule has 0 saturated carbocycles. The number of halogens is 1. The Morgan fingerprint density at radius 2 is 2.27 bits per heavy atom. The van der Waals surface area contributed by atoms with Crippen LogP contribution >= 0.6 is 0 Å². The number of carbonyl (C=O) groups excluding carboxylic acids is 1. The average molecular weight is 207 g/mol. The zero-order valence-electron chi connectivity index (χ0n) is 8.17. The minimum atomic E-state index is -0.543. The Kier molecular flexibility index (Phi) is 3.69. The molecule has 2 N–H and O–H groups in total. The van der Waals surface area contributed by atoms with Gasteiger partial charge in [-0.2, -0.15) is 0 Å². The summed E-state index contributed by atoms with van der Waals surface area (Å²) in [7, 11) is 0. The van der Waals surface area contributed by atoms with Crippen LogP contribution in [-0.2, 0) is 4.79 Å². The van der Waals surface area contributed by atoms with E-state index in [1.165, 1.54) is 19.1 Å². The molecule has 0 spiro atoms. The molecule has 3 nitrogen and oxygen atoms in total. The summed E-state index contributed by atoms with van der Waals surface area (Å²) in [5.74, 6) is 4.36. The molecule has 1 rings (SSSR count). The predicted molar refractivity (Wildman–Crippen MR) is 53.6 cm³/mol. The van der Waals surface area contributed by atoms with Gasteiger partial charge in [0.25, 0.3) is 0 Å². The molecule has 1 aromatic rings. The summed E-state index contributed by atoms with van der Waals surface area (Å²) in [6, 6.07) is 3.56. The summed E-state index contributed by atoms with van der Waals surface area (Å²) < 4.78 is 12.8. The second-order valence-corrected chi connectivity index (χ2v) is 2.91. The predicted octanol–water partition coefficient (Wildman–Crippen LogP) is 1.02. The van der Waals surface area contributed by atoms with Crippen molar-refractivity contribution < 1.29 is 14.3 Å². The van der Waals surface area contributed by atoms with Crippen LogP contribution in [0.1, 0.15) is 12.5 Å². The van der Waals surface area contributed by atoms with Crippen LogP contribution < -0.4 is 5.32 Å². The smallest absolute Gasteiger partial charge is 0.217 e. The van der Waals surface area contributed by atoms with Crippen LogP contribution in [0.3, 0.4) is 0 Å². The first-order valence-corrected chi connectivity index (χ1v) is 4.31. The van der Waals surface area contributed by atoms with Gasteiger partial charge < -0.3 is 10.4 Å². The maximum Gasteiger partial charge on any atom is 0.217 e. The second-order valence-electron chi connectivity index (χ2n) is 2.91. The molecule has 4 heteroatoms. The monoisotopic (exact) mass is 207 g/mol. The van der Waals surface area contributed by atoms with E-state index >= 15 is 0 Å². The molecule has 15 heavy (non-hydrogen) atoms. The average Bonchev–Trinajstić information content (AvgIpc) is 2.10. The highest BCUT2D eigenvalue weighted by Crippen LogP contribution is 2.13. The molecule has 0 radical (unpaired) electrons. The number of hydrogen-bond acceptors (Lipinski definition) is 2. The number of hydrogen-bond donors (Lipinski definition) is 2. The fourth-order valence-corrected chi connectivity index (χ4v) is 0.961. The summed E-state index contributed by atoms with van der Waals surface area (Å²) in [6.07, 6.45) is 0. The lowest BCUT2D eigenvalue weighted by atomic mass is 10.2. The summed E-state index contributed by atoms with van der Waals surface area (Å²) in [5, 5.41) is 11.5. The van der Waals surface area contributed by atoms with Gasteiger partial charge in [-0.25, -0.2) is 4.39 Å². The number of nitrogens with one attached hydrogen (secondary N) is 1. The molecule has 0 saturated heterocycles. The number of amides is 1. The zero-order chi connectivity index (χ0) is 11.3. The first kappa shape index (κ1) is 11.1. The topological polar surface area (TPSA) is 49.3 Å². The SMILES string of the molecule is CC(=O)NCC#Cc1cc(O)cc(F)c1. The minimum absolute atomic E-state index is 0.168. The standard InChI is InChI=1S/C11H10FNO2/c1-8(14)13-4-2-3-9-5-10(12)7-11(15)6-9/h5-7,15H,4H2,1H3,(H,13,14). The second kappa shape index (κ2) is 5.01. The molecule has 0 aliphatic carbocycles. The lowest BCUT2D eigenvalue weighted by Crippen LogP contribution is -2.19. The molecule has 0 atom stereocenters. The van der Waals surface area contributed by atoms with Gasteiger partial charge in [-0.1, -0.05) is 11.8 Å². The van der Waals surface area contributed by atoms with Crippen LogP contribution in [0, 0.1) is 17.7 Å². The third-order valence-electron chi connectivity index (χ3n) is 1.54. The van der Waals surface area contributed by atoms with Crippen LogP contribution in [0.2, 0.25) is 0 Å². The first-order chi connectivity index (χ1) is 7.08. The molecule has 78 valence electrons. The number of rotatable bonds is 1. The first-order valence-electron chi connectivity index (χ1n) is 4.31. The molecule has 1 amide bonds. The highest BCUT2D eigenvalue weighted by Gasteiger charge is 1.96. The van der Waals surface area contributed by atoms with Gasteiger partial charge in [0.2, 0.25) is 5.91 Å². The molecule has 0 aromatic heterocycles. The Hall–Kier alpha value is -2.02. The Labute approximate surface area is 86.9 Å². The Bertz CT molecular complexity index is 412. The van der Waals surface area contributed by atoms with Gasteiger partial charge in [0.1, 0.15) is 11.6 Å².